The maximum Gasteiger partial charge on any atom is 0.160 e. The molecule has 2 aromatic heterocycles. The number of fused-ring (bicyclic) bond motifs is 8. The summed E-state index contributed by atoms with van der Waals surface area (Å²) in [6.07, 6.45) is 0. The van der Waals surface area contributed by atoms with Crippen molar-refractivity contribution in [1.82, 2.24) is 14.5 Å². The largest absolute Gasteiger partial charge is 0.310 e. The van der Waals surface area contributed by atoms with Gasteiger partial charge in [-0.3, -0.25) is 0 Å². The van der Waals surface area contributed by atoms with E-state index in [0.29, 0.717) is 5.82 Å². The van der Waals surface area contributed by atoms with Crippen molar-refractivity contribution in [1.29, 1.82) is 0 Å². The highest BCUT2D eigenvalue weighted by molar-refractivity contribution is 6.25. The Morgan fingerprint density at radius 2 is 1.01 bits per heavy atom. The second-order valence-corrected chi connectivity index (χ2v) is 18.2. The smallest absolute Gasteiger partial charge is 0.160 e. The van der Waals surface area contributed by atoms with Gasteiger partial charge in [-0.25, -0.2) is 9.97 Å². The third-order valence-corrected chi connectivity index (χ3v) is 14.0. The van der Waals surface area contributed by atoms with Crippen molar-refractivity contribution in [2.24, 2.45) is 0 Å². The van der Waals surface area contributed by atoms with Crippen LogP contribution in [0.4, 0.5) is 17.1 Å². The molecule has 0 bridgehead atoms. The average molecular weight is 857 g/mol. The number of aromatic nitrogens is 3. The molecule has 0 atom stereocenters. The van der Waals surface area contributed by atoms with Crippen LogP contribution in [0.25, 0.3) is 94.1 Å². The van der Waals surface area contributed by atoms with Crippen molar-refractivity contribution in [3.8, 4) is 50.6 Å². The number of benzene rings is 10. The molecule has 13 rings (SSSR count). The first kappa shape index (κ1) is 38.8. The fourth-order valence-corrected chi connectivity index (χ4v) is 10.7. The molecule has 4 heteroatoms. The molecular formula is C63H44N4. The SMILES string of the molecule is CC1(C)c2ccccc2N(c2ccccc2)c2ccc(-c3cccc4c3c3c5ccccc5ccc3n4-c3cccc(-c4nc(-c5ccc(-c6ccccc6)cc5)c5ccccc5n4)c3)cc21. The molecule has 0 N–H and O–H groups in total. The third-order valence-electron chi connectivity index (χ3n) is 14.0. The van der Waals surface area contributed by atoms with Crippen LogP contribution in [-0.2, 0) is 5.41 Å². The highest BCUT2D eigenvalue weighted by atomic mass is 15.2. The standard InChI is InChI=1S/C63H44N4/c1-63(2)52-27-12-14-29-55(52)66(47-21-7-4-8-22-47)56-37-36-45(40-53(56)63)50-26-16-30-57-60(50)59-49-24-10-9-19-43(49)35-38-58(59)67(57)48-23-15-20-46(39-48)62-64-54-28-13-11-25-51(54)61(65-62)44-33-31-42(32-34-44)41-17-5-3-6-18-41/h3-40H,1-2H3. The van der Waals surface area contributed by atoms with Gasteiger partial charge in [0.2, 0.25) is 0 Å². The van der Waals surface area contributed by atoms with Gasteiger partial charge in [-0.2, -0.15) is 0 Å². The number of hydrogen-bond donors (Lipinski definition) is 0. The van der Waals surface area contributed by atoms with E-state index < -0.39 is 0 Å². The lowest BCUT2D eigenvalue weighted by atomic mass is 9.73. The summed E-state index contributed by atoms with van der Waals surface area (Å²) in [7, 11) is 0. The van der Waals surface area contributed by atoms with Crippen molar-refractivity contribution >= 4 is 60.5 Å². The van der Waals surface area contributed by atoms with Crippen molar-refractivity contribution in [2.75, 3.05) is 4.90 Å². The first-order valence-electron chi connectivity index (χ1n) is 23.1. The van der Waals surface area contributed by atoms with Gasteiger partial charge in [0, 0.05) is 44.1 Å². The molecule has 0 aliphatic carbocycles. The second kappa shape index (κ2) is 15.3. The van der Waals surface area contributed by atoms with Crippen LogP contribution < -0.4 is 4.90 Å². The van der Waals surface area contributed by atoms with Crippen LogP contribution in [0.5, 0.6) is 0 Å². The molecule has 1 aliphatic rings. The highest BCUT2D eigenvalue weighted by Crippen LogP contribution is 2.53. The summed E-state index contributed by atoms with van der Waals surface area (Å²) < 4.78 is 2.43. The lowest BCUT2D eigenvalue weighted by molar-refractivity contribution is 0.632. The van der Waals surface area contributed by atoms with E-state index in [2.05, 4.69) is 254 Å². The van der Waals surface area contributed by atoms with Gasteiger partial charge in [-0.05, 0) is 105 Å². The molecule has 0 spiro atoms. The van der Waals surface area contributed by atoms with Crippen LogP contribution in [0.15, 0.2) is 231 Å². The summed E-state index contributed by atoms with van der Waals surface area (Å²) in [5.41, 5.74) is 17.9. The van der Waals surface area contributed by atoms with E-state index in [0.717, 1.165) is 50.1 Å². The zero-order valence-corrected chi connectivity index (χ0v) is 37.2. The molecular weight excluding hydrogens is 813 g/mol. The molecule has 316 valence electrons. The van der Waals surface area contributed by atoms with Gasteiger partial charge in [0.05, 0.1) is 33.6 Å². The fourth-order valence-electron chi connectivity index (χ4n) is 10.7. The van der Waals surface area contributed by atoms with E-state index >= 15 is 0 Å². The lowest BCUT2D eigenvalue weighted by Crippen LogP contribution is -2.30. The summed E-state index contributed by atoms with van der Waals surface area (Å²) >= 11 is 0. The Morgan fingerprint density at radius 1 is 0.388 bits per heavy atom. The minimum atomic E-state index is -0.238. The first-order valence-corrected chi connectivity index (χ1v) is 23.1. The summed E-state index contributed by atoms with van der Waals surface area (Å²) in [6.45, 7) is 4.74. The molecule has 0 radical (unpaired) electrons. The van der Waals surface area contributed by atoms with Gasteiger partial charge < -0.3 is 9.47 Å². The molecule has 0 saturated heterocycles. The molecule has 3 heterocycles. The van der Waals surface area contributed by atoms with Crippen LogP contribution >= 0.6 is 0 Å². The van der Waals surface area contributed by atoms with Crippen molar-refractivity contribution in [3.05, 3.63) is 242 Å². The van der Waals surface area contributed by atoms with E-state index in [1.54, 1.807) is 0 Å². The molecule has 67 heavy (non-hydrogen) atoms. The van der Waals surface area contributed by atoms with Crippen molar-refractivity contribution in [2.45, 2.75) is 19.3 Å². The van der Waals surface area contributed by atoms with Gasteiger partial charge in [0.1, 0.15) is 0 Å². The van der Waals surface area contributed by atoms with Crippen LogP contribution in [0, 0.1) is 0 Å². The van der Waals surface area contributed by atoms with Crippen LogP contribution in [0.2, 0.25) is 0 Å². The molecule has 4 nitrogen and oxygen atoms in total. The second-order valence-electron chi connectivity index (χ2n) is 18.2. The fraction of sp³-hybridized carbons (Fsp3) is 0.0476. The predicted octanol–water partition coefficient (Wildman–Crippen LogP) is 16.7. The van der Waals surface area contributed by atoms with Gasteiger partial charge in [0.25, 0.3) is 0 Å². The summed E-state index contributed by atoms with van der Waals surface area (Å²) in [4.78, 5) is 13.0. The first-order chi connectivity index (χ1) is 33.0. The Balaban J connectivity index is 0.990. The summed E-state index contributed by atoms with van der Waals surface area (Å²) in [5, 5.41) is 5.95. The van der Waals surface area contributed by atoms with Crippen molar-refractivity contribution in [3.63, 3.8) is 0 Å². The Morgan fingerprint density at radius 3 is 1.87 bits per heavy atom. The van der Waals surface area contributed by atoms with E-state index in [9.17, 15) is 0 Å². The van der Waals surface area contributed by atoms with Crippen molar-refractivity contribution < 1.29 is 0 Å². The molecule has 12 aromatic rings. The van der Waals surface area contributed by atoms with E-state index in [-0.39, 0.29) is 5.41 Å². The molecule has 10 aromatic carbocycles. The van der Waals surface area contributed by atoms with Gasteiger partial charge in [-0.1, -0.05) is 184 Å². The van der Waals surface area contributed by atoms with Gasteiger partial charge in [0.15, 0.2) is 5.82 Å². The Hall–Kier alpha value is -8.60. The number of nitrogens with zero attached hydrogens (tertiary/aromatic N) is 4. The Kier molecular flexibility index (Phi) is 8.84. The van der Waals surface area contributed by atoms with E-state index in [1.165, 1.54) is 66.3 Å². The van der Waals surface area contributed by atoms with Crippen LogP contribution in [0.1, 0.15) is 25.0 Å². The number of para-hydroxylation sites is 3. The third kappa shape index (κ3) is 6.21. The predicted molar refractivity (Wildman–Crippen MR) is 280 cm³/mol. The number of hydrogen-bond acceptors (Lipinski definition) is 3. The molecule has 0 unspecified atom stereocenters. The van der Waals surface area contributed by atoms with E-state index in [1.807, 2.05) is 0 Å². The number of rotatable bonds is 6. The molecule has 0 saturated carbocycles. The monoisotopic (exact) mass is 856 g/mol. The summed E-state index contributed by atoms with van der Waals surface area (Å²) in [6, 6.07) is 83.2. The maximum absolute atomic E-state index is 5.35. The van der Waals surface area contributed by atoms with E-state index in [4.69, 9.17) is 9.97 Å². The number of anilines is 3. The van der Waals surface area contributed by atoms with Crippen LogP contribution in [-0.4, -0.2) is 14.5 Å². The molecule has 0 fully saturated rings. The zero-order valence-electron chi connectivity index (χ0n) is 37.2. The lowest BCUT2D eigenvalue weighted by Gasteiger charge is -2.42. The van der Waals surface area contributed by atoms with Gasteiger partial charge in [-0.15, -0.1) is 0 Å². The zero-order chi connectivity index (χ0) is 44.6. The highest BCUT2D eigenvalue weighted by Gasteiger charge is 2.37. The topological polar surface area (TPSA) is 34.0 Å². The summed E-state index contributed by atoms with van der Waals surface area (Å²) in [5.74, 6) is 0.692. The minimum Gasteiger partial charge on any atom is -0.310 e. The molecule has 0 amide bonds. The van der Waals surface area contributed by atoms with Crippen LogP contribution in [0.3, 0.4) is 0 Å². The Bertz CT molecular complexity index is 3890. The average Bonchev–Trinajstić information content (AvgIpc) is 3.74. The quantitative estimate of drug-likeness (QED) is 0.167. The maximum atomic E-state index is 5.35. The van der Waals surface area contributed by atoms with Gasteiger partial charge >= 0.3 is 0 Å². The molecule has 1 aliphatic heterocycles. The normalized spacial score (nSPS) is 13.0. The minimum absolute atomic E-state index is 0.238. The Labute approximate surface area is 389 Å².